The van der Waals surface area contributed by atoms with Crippen LogP contribution in [-0.4, -0.2) is 53.7 Å². The molecule has 3 rings (SSSR count). The fourth-order valence-electron chi connectivity index (χ4n) is 2.90. The number of benzene rings is 1. The average Bonchev–Trinajstić information content (AvgIpc) is 3.32. The van der Waals surface area contributed by atoms with Gasteiger partial charge in [-0.3, -0.25) is 4.79 Å². The largest absolute Gasteiger partial charge is 0.573 e. The van der Waals surface area contributed by atoms with Crippen LogP contribution in [0.15, 0.2) is 24.3 Å². The van der Waals surface area contributed by atoms with Crippen molar-refractivity contribution in [3.63, 3.8) is 0 Å². The lowest BCUT2D eigenvalue weighted by atomic mass is 9.85. The molecule has 1 unspecified atom stereocenters. The molecule has 132 valence electrons. The molecule has 8 heteroatoms. The van der Waals surface area contributed by atoms with Crippen LogP contribution in [0.5, 0.6) is 5.75 Å². The van der Waals surface area contributed by atoms with E-state index in [4.69, 9.17) is 4.74 Å². The number of ether oxygens (including phenoxy) is 2. The number of carbonyl (C=O) groups is 1. The van der Waals surface area contributed by atoms with Crippen LogP contribution in [0.25, 0.3) is 0 Å². The van der Waals surface area contributed by atoms with Gasteiger partial charge in [-0.05, 0) is 30.5 Å². The van der Waals surface area contributed by atoms with Gasteiger partial charge in [0.25, 0.3) is 5.91 Å². The first kappa shape index (κ1) is 17.0. The Labute approximate surface area is 137 Å². The summed E-state index contributed by atoms with van der Waals surface area (Å²) in [6, 6.07) is 5.48. The first-order valence-corrected chi connectivity index (χ1v) is 7.72. The van der Waals surface area contributed by atoms with Crippen molar-refractivity contribution in [3.8, 4) is 5.75 Å². The van der Waals surface area contributed by atoms with E-state index < -0.39 is 12.0 Å². The maximum Gasteiger partial charge on any atom is 0.573 e. The van der Waals surface area contributed by atoms with Gasteiger partial charge in [0.1, 0.15) is 5.75 Å². The molecule has 5 nitrogen and oxygen atoms in total. The Kier molecular flexibility index (Phi) is 4.44. The molecule has 2 saturated heterocycles. The van der Waals surface area contributed by atoms with Crippen LogP contribution >= 0.6 is 0 Å². The minimum Gasteiger partial charge on any atom is -0.406 e. The Bertz CT molecular complexity index is 590. The molecule has 0 radical (unpaired) electrons. The second kappa shape index (κ2) is 6.25. The van der Waals surface area contributed by atoms with Crippen LogP contribution in [0.2, 0.25) is 0 Å². The van der Waals surface area contributed by atoms with E-state index in [0.717, 1.165) is 5.56 Å². The normalized spacial score (nSPS) is 23.0. The first-order chi connectivity index (χ1) is 11.2. The number of amides is 1. The van der Waals surface area contributed by atoms with Gasteiger partial charge in [0.15, 0.2) is 6.10 Å². The van der Waals surface area contributed by atoms with Crippen molar-refractivity contribution in [2.24, 2.45) is 0 Å². The number of nitrogens with zero attached hydrogens (tertiary/aromatic N) is 1. The number of epoxide rings is 1. The Morgan fingerprint density at radius 3 is 2.38 bits per heavy atom. The van der Waals surface area contributed by atoms with Gasteiger partial charge in [0.2, 0.25) is 0 Å². The summed E-state index contributed by atoms with van der Waals surface area (Å²) in [5.41, 5.74) is -0.245. The van der Waals surface area contributed by atoms with Crippen LogP contribution in [-0.2, 0) is 16.0 Å². The molecule has 2 heterocycles. The van der Waals surface area contributed by atoms with Crippen molar-refractivity contribution in [1.29, 1.82) is 0 Å². The van der Waals surface area contributed by atoms with Crippen LogP contribution < -0.4 is 4.74 Å². The molecular formula is C16H18F3NO4. The van der Waals surface area contributed by atoms with Crippen LogP contribution in [0, 0.1) is 0 Å². The van der Waals surface area contributed by atoms with E-state index >= 15 is 0 Å². The molecule has 24 heavy (non-hydrogen) atoms. The number of halogens is 3. The molecule has 1 N–H and O–H groups in total. The monoisotopic (exact) mass is 345 g/mol. The highest BCUT2D eigenvalue weighted by Crippen LogP contribution is 2.29. The third-order valence-corrected chi connectivity index (χ3v) is 4.30. The maximum atomic E-state index is 12.1. The minimum atomic E-state index is -4.72. The van der Waals surface area contributed by atoms with E-state index in [0.29, 0.717) is 39.0 Å². The van der Waals surface area contributed by atoms with E-state index in [1.807, 2.05) is 0 Å². The topological polar surface area (TPSA) is 62.3 Å². The second-order valence-electron chi connectivity index (χ2n) is 6.24. The number of hydrogen-bond donors (Lipinski definition) is 1. The zero-order valence-electron chi connectivity index (χ0n) is 12.9. The Hall–Kier alpha value is -1.80. The van der Waals surface area contributed by atoms with Gasteiger partial charge in [-0.2, -0.15) is 0 Å². The first-order valence-electron chi connectivity index (χ1n) is 7.72. The summed E-state index contributed by atoms with van der Waals surface area (Å²) in [7, 11) is 0. The minimum absolute atomic E-state index is 0.0364. The van der Waals surface area contributed by atoms with Crippen molar-refractivity contribution in [2.75, 3.05) is 19.7 Å². The lowest BCUT2D eigenvalue weighted by molar-refractivity contribution is -0.274. The van der Waals surface area contributed by atoms with Gasteiger partial charge < -0.3 is 19.5 Å². The lowest BCUT2D eigenvalue weighted by Crippen LogP contribution is -2.48. The Balaban J connectivity index is 1.54. The summed E-state index contributed by atoms with van der Waals surface area (Å²) in [5, 5.41) is 10.7. The zero-order valence-corrected chi connectivity index (χ0v) is 12.9. The third kappa shape index (κ3) is 4.39. The van der Waals surface area contributed by atoms with Gasteiger partial charge in [-0.15, -0.1) is 13.2 Å². The molecule has 1 amide bonds. The molecule has 0 bridgehead atoms. The fourth-order valence-corrected chi connectivity index (χ4v) is 2.90. The van der Waals surface area contributed by atoms with Gasteiger partial charge in [-0.1, -0.05) is 12.1 Å². The number of likely N-dealkylation sites (tertiary alicyclic amines) is 1. The highest BCUT2D eigenvalue weighted by atomic mass is 19.4. The summed E-state index contributed by atoms with van der Waals surface area (Å²) in [4.78, 5) is 13.6. The molecule has 1 aromatic rings. The summed E-state index contributed by atoms with van der Waals surface area (Å²) in [5.74, 6) is -0.325. The Morgan fingerprint density at radius 2 is 1.88 bits per heavy atom. The smallest absolute Gasteiger partial charge is 0.406 e. The molecule has 1 aromatic carbocycles. The SMILES string of the molecule is O=C(C1CO1)N1CCC(O)(Cc2ccc(OC(F)(F)F)cc2)CC1. The number of piperidine rings is 1. The standard InChI is InChI=1S/C16H18F3NO4/c17-16(18,19)24-12-3-1-11(2-4-12)9-15(22)5-7-20(8-6-15)14(21)13-10-23-13/h1-4,13,22H,5-10H2. The Morgan fingerprint density at radius 1 is 1.29 bits per heavy atom. The molecule has 1 atom stereocenters. The predicted molar refractivity (Wildman–Crippen MR) is 77.3 cm³/mol. The van der Waals surface area contributed by atoms with E-state index in [2.05, 4.69) is 4.74 Å². The van der Waals surface area contributed by atoms with Crippen LogP contribution in [0.1, 0.15) is 18.4 Å². The van der Waals surface area contributed by atoms with E-state index in [1.54, 1.807) is 4.90 Å². The summed E-state index contributed by atoms with van der Waals surface area (Å²) in [6.45, 7) is 1.36. The predicted octanol–water partition coefficient (Wildman–Crippen LogP) is 1.88. The summed E-state index contributed by atoms with van der Waals surface area (Å²) >= 11 is 0. The number of hydrogen-bond acceptors (Lipinski definition) is 4. The van der Waals surface area contributed by atoms with E-state index in [-0.39, 0.29) is 17.8 Å². The van der Waals surface area contributed by atoms with E-state index in [9.17, 15) is 23.1 Å². The quantitative estimate of drug-likeness (QED) is 0.847. The third-order valence-electron chi connectivity index (χ3n) is 4.30. The van der Waals surface area contributed by atoms with Crippen molar-refractivity contribution in [2.45, 2.75) is 37.3 Å². The van der Waals surface area contributed by atoms with Gasteiger partial charge >= 0.3 is 6.36 Å². The molecule has 0 aliphatic carbocycles. The highest BCUT2D eigenvalue weighted by Gasteiger charge is 2.40. The lowest BCUT2D eigenvalue weighted by Gasteiger charge is -2.38. The summed E-state index contributed by atoms with van der Waals surface area (Å²) < 4.78 is 45.2. The molecule has 2 aliphatic rings. The van der Waals surface area contributed by atoms with Crippen molar-refractivity contribution >= 4 is 5.91 Å². The fraction of sp³-hybridized carbons (Fsp3) is 0.562. The van der Waals surface area contributed by atoms with Gasteiger partial charge in [0, 0.05) is 19.5 Å². The molecule has 2 fully saturated rings. The highest BCUT2D eigenvalue weighted by molar-refractivity contribution is 5.83. The second-order valence-corrected chi connectivity index (χ2v) is 6.24. The van der Waals surface area contributed by atoms with Crippen molar-refractivity contribution < 1.29 is 32.5 Å². The molecule has 0 saturated carbocycles. The average molecular weight is 345 g/mol. The zero-order chi connectivity index (χ0) is 17.4. The van der Waals surface area contributed by atoms with E-state index in [1.165, 1.54) is 24.3 Å². The number of rotatable bonds is 4. The molecule has 2 aliphatic heterocycles. The van der Waals surface area contributed by atoms with Gasteiger partial charge in [0.05, 0.1) is 12.2 Å². The van der Waals surface area contributed by atoms with Crippen LogP contribution in [0.4, 0.5) is 13.2 Å². The van der Waals surface area contributed by atoms with Crippen molar-refractivity contribution in [3.05, 3.63) is 29.8 Å². The number of aliphatic hydroxyl groups is 1. The molecular weight excluding hydrogens is 327 g/mol. The molecule has 0 aromatic heterocycles. The number of carbonyl (C=O) groups excluding carboxylic acids is 1. The van der Waals surface area contributed by atoms with Crippen molar-refractivity contribution in [1.82, 2.24) is 4.90 Å². The molecule has 0 spiro atoms. The number of alkyl halides is 3. The summed E-state index contributed by atoms with van der Waals surface area (Å²) in [6.07, 6.45) is -3.87. The maximum absolute atomic E-state index is 12.1. The van der Waals surface area contributed by atoms with Gasteiger partial charge in [-0.25, -0.2) is 0 Å². The van der Waals surface area contributed by atoms with Crippen LogP contribution in [0.3, 0.4) is 0 Å².